The van der Waals surface area contributed by atoms with Crippen molar-refractivity contribution >= 4 is 5.91 Å². The van der Waals surface area contributed by atoms with E-state index in [9.17, 15) is 18.0 Å². The Hall–Kier alpha value is -3.37. The summed E-state index contributed by atoms with van der Waals surface area (Å²) in [6, 6.07) is 15.0. The zero-order valence-corrected chi connectivity index (χ0v) is 21.7. The van der Waals surface area contributed by atoms with Crippen molar-refractivity contribution in [1.29, 1.82) is 0 Å². The number of amides is 1. The van der Waals surface area contributed by atoms with Gasteiger partial charge in [-0.15, -0.1) is 0 Å². The first-order valence-electron chi connectivity index (χ1n) is 13.1. The monoisotopic (exact) mass is 543 g/mol. The average molecular weight is 544 g/mol. The SMILES string of the molecule is CO[C@@](C(=O)N1CCC2(CCNCC2c2ccccc2OCc2ncco2)CC1)(c1ccccc1)C(F)(F)F. The number of likely N-dealkylation sites (tertiary alicyclic amines) is 1. The molecule has 1 unspecified atom stereocenters. The van der Waals surface area contributed by atoms with Gasteiger partial charge in [-0.3, -0.25) is 4.79 Å². The third kappa shape index (κ3) is 5.03. The number of carbonyl (C=O) groups excluding carboxylic acids is 1. The largest absolute Gasteiger partial charge is 0.484 e. The Morgan fingerprint density at radius 2 is 1.82 bits per heavy atom. The molecule has 5 rings (SSSR count). The van der Waals surface area contributed by atoms with Crippen molar-refractivity contribution in [1.82, 2.24) is 15.2 Å². The first kappa shape index (κ1) is 27.2. The molecular formula is C29H32F3N3O4. The number of rotatable bonds is 7. The Balaban J connectivity index is 1.38. The highest BCUT2D eigenvalue weighted by molar-refractivity contribution is 5.88. The predicted molar refractivity (Wildman–Crippen MR) is 137 cm³/mol. The summed E-state index contributed by atoms with van der Waals surface area (Å²) in [6.07, 6.45) is 0.132. The minimum Gasteiger partial charge on any atom is -0.484 e. The summed E-state index contributed by atoms with van der Waals surface area (Å²) in [5.74, 6) is 0.187. The molecule has 1 spiro atoms. The number of alkyl halides is 3. The first-order chi connectivity index (χ1) is 18.8. The minimum absolute atomic E-state index is 0.0631. The number of aromatic nitrogens is 1. The van der Waals surface area contributed by atoms with Gasteiger partial charge in [-0.25, -0.2) is 4.98 Å². The number of hydrogen-bond donors (Lipinski definition) is 1. The van der Waals surface area contributed by atoms with Crippen LogP contribution in [0.1, 0.15) is 42.2 Å². The van der Waals surface area contributed by atoms with Gasteiger partial charge < -0.3 is 24.1 Å². The van der Waals surface area contributed by atoms with E-state index < -0.39 is 17.7 Å². The third-order valence-electron chi connectivity index (χ3n) is 8.25. The third-order valence-corrected chi connectivity index (χ3v) is 8.25. The topological polar surface area (TPSA) is 76.8 Å². The van der Waals surface area contributed by atoms with E-state index >= 15 is 0 Å². The van der Waals surface area contributed by atoms with Gasteiger partial charge in [0, 0.05) is 38.2 Å². The van der Waals surface area contributed by atoms with Crippen molar-refractivity contribution in [3.05, 3.63) is 84.1 Å². The highest BCUT2D eigenvalue weighted by atomic mass is 19.4. The number of nitrogens with zero attached hydrogens (tertiary/aromatic N) is 2. The maximum atomic E-state index is 14.5. The maximum absolute atomic E-state index is 14.5. The zero-order chi connectivity index (χ0) is 27.5. The molecule has 2 fully saturated rings. The van der Waals surface area contributed by atoms with Crippen LogP contribution in [0.5, 0.6) is 5.75 Å². The van der Waals surface area contributed by atoms with Gasteiger partial charge in [-0.2, -0.15) is 13.2 Å². The second kappa shape index (κ2) is 11.0. The lowest BCUT2D eigenvalue weighted by Gasteiger charge is -2.51. The van der Waals surface area contributed by atoms with E-state index in [-0.39, 0.29) is 36.6 Å². The fraction of sp³-hybridized carbons (Fsp3) is 0.448. The van der Waals surface area contributed by atoms with Crippen LogP contribution in [0.2, 0.25) is 0 Å². The molecule has 0 saturated carbocycles. The quantitative estimate of drug-likeness (QED) is 0.450. The van der Waals surface area contributed by atoms with Crippen LogP contribution >= 0.6 is 0 Å². The normalized spacial score (nSPS) is 20.9. The Bertz CT molecular complexity index is 1240. The Morgan fingerprint density at radius 1 is 1.10 bits per heavy atom. The first-order valence-corrected chi connectivity index (χ1v) is 13.1. The summed E-state index contributed by atoms with van der Waals surface area (Å²) in [6.45, 7) is 2.13. The summed E-state index contributed by atoms with van der Waals surface area (Å²) in [7, 11) is 0.946. The van der Waals surface area contributed by atoms with Crippen LogP contribution in [0.15, 0.2) is 71.5 Å². The smallest absolute Gasteiger partial charge is 0.430 e. The molecule has 0 radical (unpaired) electrons. The summed E-state index contributed by atoms with van der Waals surface area (Å²) in [5.41, 5.74) is -2.43. The van der Waals surface area contributed by atoms with E-state index in [0.717, 1.165) is 31.4 Å². The zero-order valence-electron chi connectivity index (χ0n) is 21.7. The van der Waals surface area contributed by atoms with E-state index in [1.807, 2.05) is 24.3 Å². The molecule has 2 aliphatic heterocycles. The molecule has 1 aromatic heterocycles. The second-order valence-corrected chi connectivity index (χ2v) is 10.2. The summed E-state index contributed by atoms with van der Waals surface area (Å²) in [4.78, 5) is 19.0. The van der Waals surface area contributed by atoms with Crippen LogP contribution in [0, 0.1) is 5.41 Å². The van der Waals surface area contributed by atoms with Crippen molar-refractivity contribution in [3.63, 3.8) is 0 Å². The standard InChI is InChI=1S/C29H32F3N3O4/c1-37-28(29(30,31)32,21-7-3-2-4-8-21)26(36)35-16-12-27(13-17-35)11-14-33-19-23(27)22-9-5-6-10-24(22)39-20-25-34-15-18-38-25/h2-10,15,18,23,33H,11-14,16-17,19-20H2,1H3/t23?,28-/m1/s1. The molecule has 2 aliphatic rings. The molecule has 3 aromatic rings. The lowest BCUT2D eigenvalue weighted by molar-refractivity contribution is -0.271. The van der Waals surface area contributed by atoms with Gasteiger partial charge in [-0.1, -0.05) is 48.5 Å². The number of benzene rings is 2. The van der Waals surface area contributed by atoms with E-state index in [1.165, 1.54) is 35.4 Å². The van der Waals surface area contributed by atoms with Crippen LogP contribution in [-0.4, -0.2) is 55.3 Å². The second-order valence-electron chi connectivity index (χ2n) is 10.2. The Morgan fingerprint density at radius 3 is 2.49 bits per heavy atom. The van der Waals surface area contributed by atoms with E-state index in [2.05, 4.69) is 10.3 Å². The number of ether oxygens (including phenoxy) is 2. The van der Waals surface area contributed by atoms with Gasteiger partial charge in [0.05, 0.1) is 6.20 Å². The Labute approximate surface area is 225 Å². The molecule has 2 saturated heterocycles. The van der Waals surface area contributed by atoms with Crippen molar-refractivity contribution < 1.29 is 31.9 Å². The average Bonchev–Trinajstić information content (AvgIpc) is 3.47. The lowest BCUT2D eigenvalue weighted by Crippen LogP contribution is -2.59. The number of hydrogen-bond acceptors (Lipinski definition) is 6. The van der Waals surface area contributed by atoms with Gasteiger partial charge in [0.15, 0.2) is 6.61 Å². The number of para-hydroxylation sites is 1. The number of piperidine rings is 2. The minimum atomic E-state index is -4.92. The molecule has 1 amide bonds. The lowest BCUT2D eigenvalue weighted by atomic mass is 9.62. The molecule has 3 heterocycles. The van der Waals surface area contributed by atoms with Crippen molar-refractivity contribution in [3.8, 4) is 5.75 Å². The van der Waals surface area contributed by atoms with Crippen LogP contribution in [0.25, 0.3) is 0 Å². The molecule has 39 heavy (non-hydrogen) atoms. The fourth-order valence-corrected chi connectivity index (χ4v) is 6.16. The van der Waals surface area contributed by atoms with Crippen molar-refractivity contribution in [2.75, 3.05) is 33.3 Å². The molecule has 7 nitrogen and oxygen atoms in total. The fourth-order valence-electron chi connectivity index (χ4n) is 6.16. The number of halogens is 3. The van der Waals surface area contributed by atoms with Gasteiger partial charge in [0.1, 0.15) is 12.0 Å². The highest BCUT2D eigenvalue weighted by Crippen LogP contribution is 2.51. The van der Waals surface area contributed by atoms with Crippen molar-refractivity contribution in [2.24, 2.45) is 5.41 Å². The summed E-state index contributed by atoms with van der Waals surface area (Å²) < 4.78 is 60.0. The van der Waals surface area contributed by atoms with Crippen LogP contribution in [-0.2, 0) is 21.7 Å². The van der Waals surface area contributed by atoms with Crippen molar-refractivity contribution in [2.45, 2.75) is 43.6 Å². The molecule has 2 atom stereocenters. The molecule has 0 bridgehead atoms. The van der Waals surface area contributed by atoms with Gasteiger partial charge in [0.25, 0.3) is 11.5 Å². The molecular weight excluding hydrogens is 511 g/mol. The van der Waals surface area contributed by atoms with Gasteiger partial charge >= 0.3 is 6.18 Å². The summed E-state index contributed by atoms with van der Waals surface area (Å²) in [5, 5.41) is 3.47. The van der Waals surface area contributed by atoms with Crippen LogP contribution in [0.3, 0.4) is 0 Å². The number of nitrogens with one attached hydrogen (secondary N) is 1. The maximum Gasteiger partial charge on any atom is 0.430 e. The summed E-state index contributed by atoms with van der Waals surface area (Å²) >= 11 is 0. The molecule has 10 heteroatoms. The predicted octanol–water partition coefficient (Wildman–Crippen LogP) is 5.04. The number of carbonyl (C=O) groups is 1. The van der Waals surface area contributed by atoms with E-state index in [1.54, 1.807) is 12.3 Å². The van der Waals surface area contributed by atoms with Crippen LogP contribution in [0.4, 0.5) is 13.2 Å². The Kier molecular flexibility index (Phi) is 7.68. The molecule has 1 N–H and O–H groups in total. The number of oxazole rings is 1. The van der Waals surface area contributed by atoms with E-state index in [0.29, 0.717) is 25.3 Å². The molecule has 2 aromatic carbocycles. The van der Waals surface area contributed by atoms with Crippen LogP contribution < -0.4 is 10.1 Å². The number of methoxy groups -OCH3 is 1. The van der Waals surface area contributed by atoms with Gasteiger partial charge in [0.2, 0.25) is 5.89 Å². The molecule has 0 aliphatic carbocycles. The van der Waals surface area contributed by atoms with E-state index in [4.69, 9.17) is 13.9 Å². The van der Waals surface area contributed by atoms with Gasteiger partial charge in [-0.05, 0) is 42.9 Å². The molecule has 208 valence electrons. The highest BCUT2D eigenvalue weighted by Gasteiger charge is 2.64.